The molecule has 1 saturated heterocycles. The molecule has 0 bridgehead atoms. The number of anilines is 2. The van der Waals surface area contributed by atoms with Crippen molar-refractivity contribution in [3.63, 3.8) is 0 Å². The van der Waals surface area contributed by atoms with Crippen LogP contribution < -0.4 is 10.2 Å². The number of hydrogen-bond acceptors (Lipinski definition) is 6. The zero-order valence-electron chi connectivity index (χ0n) is 17.8. The lowest BCUT2D eigenvalue weighted by molar-refractivity contribution is -0.384. The van der Waals surface area contributed by atoms with Gasteiger partial charge in [-0.1, -0.05) is 6.07 Å². The number of carbonyl (C=O) groups is 1. The average Bonchev–Trinajstić information content (AvgIpc) is 2.75. The summed E-state index contributed by atoms with van der Waals surface area (Å²) in [6.07, 6.45) is 3.08. The molecule has 3 rings (SSSR count). The molecule has 1 aliphatic heterocycles. The van der Waals surface area contributed by atoms with Crippen LogP contribution in [0.4, 0.5) is 17.1 Å². The molecule has 0 unspecified atom stereocenters. The Morgan fingerprint density at radius 3 is 2.39 bits per heavy atom. The Balaban J connectivity index is 1.99. The van der Waals surface area contributed by atoms with Gasteiger partial charge in [0.1, 0.15) is 0 Å². The van der Waals surface area contributed by atoms with E-state index in [1.165, 1.54) is 38.4 Å². The van der Waals surface area contributed by atoms with Gasteiger partial charge in [0.25, 0.3) is 11.6 Å². The zero-order valence-corrected chi connectivity index (χ0v) is 18.6. The summed E-state index contributed by atoms with van der Waals surface area (Å²) in [5.41, 5.74) is 1.67. The number of nitro groups is 1. The third kappa shape index (κ3) is 4.86. The van der Waals surface area contributed by atoms with Gasteiger partial charge >= 0.3 is 0 Å². The molecule has 0 atom stereocenters. The fraction of sp³-hybridized carbons (Fsp3) is 0.381. The van der Waals surface area contributed by atoms with Gasteiger partial charge in [-0.3, -0.25) is 14.9 Å². The van der Waals surface area contributed by atoms with E-state index in [4.69, 9.17) is 0 Å². The highest BCUT2D eigenvalue weighted by molar-refractivity contribution is 7.89. The molecule has 1 amide bonds. The third-order valence-corrected chi connectivity index (χ3v) is 7.18. The first-order valence-electron chi connectivity index (χ1n) is 9.99. The maximum atomic E-state index is 13.2. The first kappa shape index (κ1) is 22.7. The number of benzene rings is 2. The van der Waals surface area contributed by atoms with Crippen molar-refractivity contribution in [1.29, 1.82) is 0 Å². The summed E-state index contributed by atoms with van der Waals surface area (Å²) < 4.78 is 26.0. The molecule has 1 fully saturated rings. The average molecular weight is 447 g/mol. The summed E-state index contributed by atoms with van der Waals surface area (Å²) in [6.45, 7) is 3.29. The van der Waals surface area contributed by atoms with Gasteiger partial charge in [-0.25, -0.2) is 12.7 Å². The maximum absolute atomic E-state index is 13.2. The topological polar surface area (TPSA) is 113 Å². The molecule has 2 aromatic rings. The Morgan fingerprint density at radius 2 is 1.77 bits per heavy atom. The van der Waals surface area contributed by atoms with Gasteiger partial charge in [-0.05, 0) is 49.9 Å². The second kappa shape index (κ2) is 9.03. The highest BCUT2D eigenvalue weighted by Crippen LogP contribution is 2.30. The van der Waals surface area contributed by atoms with Crippen molar-refractivity contribution >= 4 is 33.0 Å². The summed E-state index contributed by atoms with van der Waals surface area (Å²) in [5.74, 6) is -0.522. The van der Waals surface area contributed by atoms with Crippen molar-refractivity contribution in [2.24, 2.45) is 0 Å². The predicted octanol–water partition coefficient (Wildman–Crippen LogP) is 3.40. The Bertz CT molecular complexity index is 1110. The van der Waals surface area contributed by atoms with E-state index in [1.54, 1.807) is 19.1 Å². The van der Waals surface area contributed by atoms with E-state index < -0.39 is 20.9 Å². The number of nitro benzene ring substituents is 1. The molecule has 9 nitrogen and oxygen atoms in total. The molecule has 0 aliphatic carbocycles. The summed E-state index contributed by atoms with van der Waals surface area (Å²) in [7, 11) is -0.811. The first-order valence-corrected chi connectivity index (χ1v) is 11.4. The minimum absolute atomic E-state index is 0.0497. The third-order valence-electron chi connectivity index (χ3n) is 5.37. The largest absolute Gasteiger partial charge is 0.371 e. The van der Waals surface area contributed by atoms with Gasteiger partial charge in [-0.2, -0.15) is 0 Å². The Kier molecular flexibility index (Phi) is 6.61. The number of piperidine rings is 1. The Morgan fingerprint density at radius 1 is 1.10 bits per heavy atom. The van der Waals surface area contributed by atoms with Crippen molar-refractivity contribution in [2.75, 3.05) is 37.4 Å². The van der Waals surface area contributed by atoms with Gasteiger partial charge in [0.2, 0.25) is 10.0 Å². The molecule has 2 aromatic carbocycles. The highest BCUT2D eigenvalue weighted by atomic mass is 32.2. The van der Waals surface area contributed by atoms with Crippen LogP contribution in [0.3, 0.4) is 0 Å². The standard InChI is InChI=1S/C21H26N4O5S/c1-15-7-9-17(31(29,30)23(2)3)14-19(15)22-21(26)18-13-16(25(27)28)8-10-20(18)24-11-5-4-6-12-24/h7-10,13-14H,4-6,11-12H2,1-3H3,(H,22,26). The second-order valence-electron chi connectivity index (χ2n) is 7.72. The van der Waals surface area contributed by atoms with Crippen molar-refractivity contribution in [2.45, 2.75) is 31.1 Å². The first-order chi connectivity index (χ1) is 14.6. The van der Waals surface area contributed by atoms with Crippen LogP contribution in [0.15, 0.2) is 41.3 Å². The van der Waals surface area contributed by atoms with Crippen LogP contribution in [0.5, 0.6) is 0 Å². The van der Waals surface area contributed by atoms with E-state index in [-0.39, 0.29) is 16.1 Å². The van der Waals surface area contributed by atoms with Gasteiger partial charge in [0.15, 0.2) is 0 Å². The summed E-state index contributed by atoms with van der Waals surface area (Å²) >= 11 is 0. The number of nitrogens with zero attached hydrogens (tertiary/aromatic N) is 3. The quantitative estimate of drug-likeness (QED) is 0.538. The van der Waals surface area contributed by atoms with E-state index in [0.29, 0.717) is 16.9 Å². The SMILES string of the molecule is Cc1ccc(S(=O)(=O)N(C)C)cc1NC(=O)c1cc([N+](=O)[O-])ccc1N1CCCCC1. The molecule has 31 heavy (non-hydrogen) atoms. The van der Waals surface area contributed by atoms with E-state index in [1.807, 2.05) is 0 Å². The Labute approximate surface area is 181 Å². The summed E-state index contributed by atoms with van der Waals surface area (Å²) in [5, 5.41) is 14.0. The highest BCUT2D eigenvalue weighted by Gasteiger charge is 2.23. The van der Waals surface area contributed by atoms with Gasteiger partial charge in [-0.15, -0.1) is 0 Å². The molecule has 1 aliphatic rings. The van der Waals surface area contributed by atoms with Crippen LogP contribution in [-0.4, -0.2) is 50.7 Å². The number of sulfonamides is 1. The predicted molar refractivity (Wildman–Crippen MR) is 119 cm³/mol. The molecule has 0 spiro atoms. The van der Waals surface area contributed by atoms with E-state index >= 15 is 0 Å². The molecule has 0 saturated carbocycles. The second-order valence-corrected chi connectivity index (χ2v) is 9.88. The number of nitrogens with one attached hydrogen (secondary N) is 1. The molecule has 1 N–H and O–H groups in total. The summed E-state index contributed by atoms with van der Waals surface area (Å²) in [6, 6.07) is 8.78. The lowest BCUT2D eigenvalue weighted by atomic mass is 10.1. The van der Waals surface area contributed by atoms with Gasteiger partial charge in [0.05, 0.1) is 21.1 Å². The molecular formula is C21H26N4O5S. The fourth-order valence-electron chi connectivity index (χ4n) is 3.53. The molecule has 0 radical (unpaired) electrons. The van der Waals surface area contributed by atoms with Crippen molar-refractivity contribution in [3.05, 3.63) is 57.6 Å². The van der Waals surface area contributed by atoms with Gasteiger partial charge < -0.3 is 10.2 Å². The number of rotatable bonds is 6. The number of hydrogen-bond donors (Lipinski definition) is 1. The molecular weight excluding hydrogens is 420 g/mol. The summed E-state index contributed by atoms with van der Waals surface area (Å²) in [4.78, 5) is 26.0. The van der Waals surface area contributed by atoms with Crippen LogP contribution >= 0.6 is 0 Å². The van der Waals surface area contributed by atoms with E-state index in [2.05, 4.69) is 10.2 Å². The van der Waals surface area contributed by atoms with Gasteiger partial charge in [0, 0.05) is 45.0 Å². The number of carbonyl (C=O) groups excluding carboxylic acids is 1. The molecule has 10 heteroatoms. The monoisotopic (exact) mass is 446 g/mol. The lowest BCUT2D eigenvalue weighted by Crippen LogP contribution is -2.31. The normalized spacial score (nSPS) is 14.5. The maximum Gasteiger partial charge on any atom is 0.270 e. The number of aryl methyl sites for hydroxylation is 1. The van der Waals surface area contributed by atoms with Crippen LogP contribution in [0.2, 0.25) is 0 Å². The van der Waals surface area contributed by atoms with E-state index in [9.17, 15) is 23.3 Å². The number of amides is 1. The minimum atomic E-state index is -3.68. The number of non-ortho nitro benzene ring substituents is 1. The van der Waals surface area contributed by atoms with Crippen molar-refractivity contribution < 1.29 is 18.1 Å². The van der Waals surface area contributed by atoms with Crippen LogP contribution in [0.1, 0.15) is 35.2 Å². The smallest absolute Gasteiger partial charge is 0.270 e. The minimum Gasteiger partial charge on any atom is -0.371 e. The van der Waals surface area contributed by atoms with Crippen LogP contribution in [-0.2, 0) is 10.0 Å². The van der Waals surface area contributed by atoms with Crippen molar-refractivity contribution in [1.82, 2.24) is 4.31 Å². The van der Waals surface area contributed by atoms with Crippen LogP contribution in [0.25, 0.3) is 0 Å². The Hall–Kier alpha value is -2.98. The molecule has 1 heterocycles. The fourth-order valence-corrected chi connectivity index (χ4v) is 4.46. The lowest BCUT2D eigenvalue weighted by Gasteiger charge is -2.30. The molecule has 0 aromatic heterocycles. The van der Waals surface area contributed by atoms with Crippen molar-refractivity contribution in [3.8, 4) is 0 Å². The van der Waals surface area contributed by atoms with Crippen LogP contribution in [0, 0.1) is 17.0 Å². The van der Waals surface area contributed by atoms with E-state index in [0.717, 1.165) is 36.7 Å². The zero-order chi connectivity index (χ0) is 22.8. The molecule has 166 valence electrons.